The molecule has 0 aliphatic rings. The van der Waals surface area contributed by atoms with Crippen molar-refractivity contribution in [1.82, 2.24) is 15.2 Å². The Kier molecular flexibility index (Phi) is 5.53. The van der Waals surface area contributed by atoms with Crippen LogP contribution >= 0.6 is 28.6 Å². The van der Waals surface area contributed by atoms with Gasteiger partial charge in [0.25, 0.3) is 0 Å². The SMILES string of the molecule is Br.Oc1ccc2ccc(Nc3cnnc(-c4cc(Cl)ccc4F)c3)nc2c1. The van der Waals surface area contributed by atoms with Crippen molar-refractivity contribution in [3.8, 4) is 17.0 Å². The predicted octanol–water partition coefficient (Wildman–Crippen LogP) is 5.51. The largest absolute Gasteiger partial charge is 0.508 e. The van der Waals surface area contributed by atoms with Gasteiger partial charge in [0, 0.05) is 22.0 Å². The van der Waals surface area contributed by atoms with E-state index < -0.39 is 5.82 Å². The van der Waals surface area contributed by atoms with Crippen LogP contribution in [0.3, 0.4) is 0 Å². The van der Waals surface area contributed by atoms with Gasteiger partial charge < -0.3 is 10.4 Å². The number of pyridine rings is 1. The second-order valence-electron chi connectivity index (χ2n) is 5.65. The summed E-state index contributed by atoms with van der Waals surface area (Å²) in [5.74, 6) is 0.278. The lowest BCUT2D eigenvalue weighted by atomic mass is 10.1. The van der Waals surface area contributed by atoms with Gasteiger partial charge in [-0.1, -0.05) is 11.6 Å². The Bertz CT molecular complexity index is 1130. The first-order valence-corrected chi connectivity index (χ1v) is 8.11. The van der Waals surface area contributed by atoms with E-state index in [1.165, 1.54) is 24.4 Å². The van der Waals surface area contributed by atoms with E-state index in [9.17, 15) is 9.50 Å². The number of fused-ring (bicyclic) bond motifs is 1. The number of nitrogens with zero attached hydrogens (tertiary/aromatic N) is 3. The number of aromatic nitrogens is 3. The number of anilines is 2. The van der Waals surface area contributed by atoms with E-state index in [0.717, 1.165) is 5.39 Å². The van der Waals surface area contributed by atoms with Crippen LogP contribution in [-0.2, 0) is 0 Å². The van der Waals surface area contributed by atoms with E-state index >= 15 is 0 Å². The van der Waals surface area contributed by atoms with Crippen LogP contribution < -0.4 is 5.32 Å². The first kappa shape index (κ1) is 19.0. The molecule has 0 fully saturated rings. The lowest BCUT2D eigenvalue weighted by Gasteiger charge is -2.08. The van der Waals surface area contributed by atoms with Gasteiger partial charge in [-0.05, 0) is 48.5 Å². The molecule has 0 saturated heterocycles. The van der Waals surface area contributed by atoms with Gasteiger partial charge in [0.05, 0.1) is 23.1 Å². The van der Waals surface area contributed by atoms with Gasteiger partial charge in [0.15, 0.2) is 0 Å². The molecule has 27 heavy (non-hydrogen) atoms. The fourth-order valence-corrected chi connectivity index (χ4v) is 2.76. The molecule has 0 amide bonds. The zero-order valence-corrected chi connectivity index (χ0v) is 16.2. The van der Waals surface area contributed by atoms with Crippen molar-refractivity contribution in [2.24, 2.45) is 0 Å². The molecule has 4 aromatic rings. The number of phenols is 1. The Morgan fingerprint density at radius 1 is 1.00 bits per heavy atom. The van der Waals surface area contributed by atoms with Gasteiger partial charge in [-0.15, -0.1) is 17.0 Å². The minimum Gasteiger partial charge on any atom is -0.508 e. The normalized spacial score (nSPS) is 10.4. The Morgan fingerprint density at radius 2 is 1.81 bits per heavy atom. The Hall–Kier alpha value is -2.77. The van der Waals surface area contributed by atoms with E-state index in [1.807, 2.05) is 6.07 Å². The first-order valence-electron chi connectivity index (χ1n) is 7.73. The summed E-state index contributed by atoms with van der Waals surface area (Å²) in [6.07, 6.45) is 1.51. The van der Waals surface area contributed by atoms with Crippen LogP contribution in [0, 0.1) is 5.82 Å². The summed E-state index contributed by atoms with van der Waals surface area (Å²) >= 11 is 5.94. The molecule has 5 nitrogen and oxygen atoms in total. The van der Waals surface area contributed by atoms with Crippen molar-refractivity contribution in [2.45, 2.75) is 0 Å². The summed E-state index contributed by atoms with van der Waals surface area (Å²) in [4.78, 5) is 4.45. The maximum atomic E-state index is 14.0. The first-order chi connectivity index (χ1) is 12.6. The molecule has 0 unspecified atom stereocenters. The smallest absolute Gasteiger partial charge is 0.132 e. The molecule has 2 aromatic heterocycles. The third-order valence-electron chi connectivity index (χ3n) is 3.81. The molecule has 0 aliphatic carbocycles. The molecule has 0 atom stereocenters. The van der Waals surface area contributed by atoms with E-state index in [-0.39, 0.29) is 28.3 Å². The Balaban J connectivity index is 0.00000210. The average Bonchev–Trinajstić information content (AvgIpc) is 2.63. The number of hydrogen-bond donors (Lipinski definition) is 2. The standard InChI is InChI=1S/C19H12ClFN4O.BrH/c20-12-3-5-16(21)15(7-12)18-8-13(10-22-25-18)23-19-6-2-11-1-4-14(26)9-17(11)24-19;/h1-10,26H,(H,23,24,25);1H. The van der Waals surface area contributed by atoms with Gasteiger partial charge in [0.1, 0.15) is 17.4 Å². The quantitative estimate of drug-likeness (QED) is 0.433. The average molecular weight is 448 g/mol. The van der Waals surface area contributed by atoms with Crippen molar-refractivity contribution < 1.29 is 9.50 Å². The van der Waals surface area contributed by atoms with Gasteiger partial charge in [-0.3, -0.25) is 0 Å². The number of rotatable bonds is 3. The predicted molar refractivity (Wildman–Crippen MR) is 109 cm³/mol. The van der Waals surface area contributed by atoms with Crippen molar-refractivity contribution in [3.63, 3.8) is 0 Å². The number of aromatic hydroxyl groups is 1. The van der Waals surface area contributed by atoms with Crippen molar-refractivity contribution in [3.05, 3.63) is 71.6 Å². The molecule has 136 valence electrons. The lowest BCUT2D eigenvalue weighted by molar-refractivity contribution is 0.476. The zero-order chi connectivity index (χ0) is 18.1. The van der Waals surface area contributed by atoms with Gasteiger partial charge in [-0.2, -0.15) is 10.2 Å². The number of phenolic OH excluding ortho intramolecular Hbond substituents is 1. The minimum atomic E-state index is -0.430. The molecular weight excluding hydrogens is 435 g/mol. The highest BCUT2D eigenvalue weighted by molar-refractivity contribution is 8.93. The number of benzene rings is 2. The van der Waals surface area contributed by atoms with E-state index in [4.69, 9.17) is 11.6 Å². The molecule has 2 N–H and O–H groups in total. The molecule has 2 heterocycles. The van der Waals surface area contributed by atoms with Crippen LogP contribution in [0.4, 0.5) is 15.9 Å². The number of hydrogen-bond acceptors (Lipinski definition) is 5. The molecule has 4 rings (SSSR count). The molecule has 0 radical (unpaired) electrons. The van der Waals surface area contributed by atoms with E-state index in [1.54, 1.807) is 30.3 Å². The highest BCUT2D eigenvalue weighted by Crippen LogP contribution is 2.27. The number of nitrogens with one attached hydrogen (secondary N) is 1. The summed E-state index contributed by atoms with van der Waals surface area (Å²) in [5.41, 5.74) is 1.87. The summed E-state index contributed by atoms with van der Waals surface area (Å²) in [6, 6.07) is 14.6. The molecule has 2 aromatic carbocycles. The summed E-state index contributed by atoms with van der Waals surface area (Å²) in [7, 11) is 0. The lowest BCUT2D eigenvalue weighted by Crippen LogP contribution is -1.97. The van der Waals surface area contributed by atoms with Crippen LogP contribution in [0.5, 0.6) is 5.75 Å². The maximum absolute atomic E-state index is 14.0. The van der Waals surface area contributed by atoms with Crippen molar-refractivity contribution in [2.75, 3.05) is 5.32 Å². The fourth-order valence-electron chi connectivity index (χ4n) is 2.58. The summed E-state index contributed by atoms with van der Waals surface area (Å²) in [6.45, 7) is 0. The van der Waals surface area contributed by atoms with E-state index in [2.05, 4.69) is 20.5 Å². The summed E-state index contributed by atoms with van der Waals surface area (Å²) < 4.78 is 14.0. The van der Waals surface area contributed by atoms with Gasteiger partial charge in [-0.25, -0.2) is 9.37 Å². The fraction of sp³-hybridized carbons (Fsp3) is 0. The van der Waals surface area contributed by atoms with Crippen LogP contribution in [-0.4, -0.2) is 20.3 Å². The molecular formula is C19H13BrClFN4O. The van der Waals surface area contributed by atoms with Crippen LogP contribution in [0.2, 0.25) is 5.02 Å². The molecule has 8 heteroatoms. The van der Waals surface area contributed by atoms with E-state index in [0.29, 0.717) is 27.7 Å². The molecule has 0 aliphatic heterocycles. The topological polar surface area (TPSA) is 70.9 Å². The monoisotopic (exact) mass is 446 g/mol. The second kappa shape index (κ2) is 7.85. The third-order valence-corrected chi connectivity index (χ3v) is 4.04. The van der Waals surface area contributed by atoms with Gasteiger partial charge >= 0.3 is 0 Å². The maximum Gasteiger partial charge on any atom is 0.132 e. The van der Waals surface area contributed by atoms with Crippen LogP contribution in [0.1, 0.15) is 0 Å². The highest BCUT2D eigenvalue weighted by atomic mass is 79.9. The Labute approximate surface area is 169 Å². The molecule has 0 spiro atoms. The van der Waals surface area contributed by atoms with Crippen molar-refractivity contribution in [1.29, 1.82) is 0 Å². The molecule has 0 saturated carbocycles. The molecule has 0 bridgehead atoms. The third kappa shape index (κ3) is 4.15. The Morgan fingerprint density at radius 3 is 2.67 bits per heavy atom. The zero-order valence-electron chi connectivity index (χ0n) is 13.7. The van der Waals surface area contributed by atoms with Crippen LogP contribution in [0.25, 0.3) is 22.2 Å². The highest BCUT2D eigenvalue weighted by Gasteiger charge is 2.09. The number of halogens is 3. The van der Waals surface area contributed by atoms with Crippen LogP contribution in [0.15, 0.2) is 60.8 Å². The van der Waals surface area contributed by atoms with Gasteiger partial charge in [0.2, 0.25) is 0 Å². The minimum absolute atomic E-state index is 0. The summed E-state index contributed by atoms with van der Waals surface area (Å²) in [5, 5.41) is 21.9. The second-order valence-corrected chi connectivity index (χ2v) is 6.09. The van der Waals surface area contributed by atoms with Crippen molar-refractivity contribution >= 4 is 51.0 Å².